The number of ether oxygens (including phenoxy) is 3. The lowest BCUT2D eigenvalue weighted by Gasteiger charge is -2.15. The zero-order valence-corrected chi connectivity index (χ0v) is 62.8. The van der Waals surface area contributed by atoms with E-state index >= 15 is 0 Å². The van der Waals surface area contributed by atoms with Crippen molar-refractivity contribution in [2.24, 2.45) is 31.4 Å². The fourth-order valence-electron chi connectivity index (χ4n) is 12.1. The molecule has 111 heavy (non-hydrogen) atoms. The fraction of sp³-hybridized carbons (Fsp3) is 0.111. The molecule has 28 nitrogen and oxygen atoms in total. The van der Waals surface area contributed by atoms with E-state index in [1.54, 1.807) is 125 Å². The number of hydrogen-bond donors (Lipinski definition) is 6. The minimum atomic E-state index is -3.76. The molecule has 0 radical (unpaired) electrons. The van der Waals surface area contributed by atoms with Crippen LogP contribution >= 0.6 is 0 Å². The van der Waals surface area contributed by atoms with Crippen LogP contribution in [0.25, 0.3) is 66.9 Å². The summed E-state index contributed by atoms with van der Waals surface area (Å²) in [7, 11) is -1.96. The standard InChI is InChI=1S/2C27H23N7O3S.C27H23N7O/c1-16-12-20(19-6-10-22(11-7-19)38(29,35)36)13-17(2)24(16)37-26-23-25(30-15-34(23)3)32-27(33-26)31-21-8-4-18(14-28)5-9-21;1-16-12-20(19-6-10-22(11-7-19)38(29,35)36)13-17(2)24(16)37-26-23-25(34(3)15-30-23)32-27(33-26)31-21-8-4-18(14-28)5-9-21;1-16-12-20(19-6-8-21(29)9-7-19)13-17(2)24(16)35-26-23-25(30-15-34(23)3)32-27(33-26)31-22-10-4-18(14-28)5-11-22/h2*4-13,15H,1-3H3,(H2,29,35,36)(H,31,32,33);4-13,15H,29H2,1-3H3,(H,31,32,33). The highest BCUT2D eigenvalue weighted by molar-refractivity contribution is 7.89. The van der Waals surface area contributed by atoms with Gasteiger partial charge in [0.2, 0.25) is 37.9 Å². The molecule has 6 heterocycles. The number of nitriles is 3. The lowest BCUT2D eigenvalue weighted by atomic mass is 9.99. The summed E-state index contributed by atoms with van der Waals surface area (Å²) >= 11 is 0. The van der Waals surface area contributed by atoms with Crippen LogP contribution in [-0.4, -0.2) is 75.4 Å². The topological polar surface area (TPSA) is 412 Å². The second kappa shape index (κ2) is 31.1. The normalized spacial score (nSPS) is 11.2. The second-order valence-corrected chi connectivity index (χ2v) is 29.1. The van der Waals surface area contributed by atoms with Crippen LogP contribution in [0, 0.1) is 75.5 Å². The lowest BCUT2D eigenvalue weighted by molar-refractivity contribution is 0.459. The van der Waals surface area contributed by atoms with Gasteiger partial charge in [-0.05, 0) is 254 Å². The van der Waals surface area contributed by atoms with Crippen LogP contribution in [-0.2, 0) is 41.2 Å². The van der Waals surface area contributed by atoms with E-state index < -0.39 is 20.0 Å². The van der Waals surface area contributed by atoms with E-state index in [-0.39, 0.29) is 9.79 Å². The number of fused-ring (bicyclic) bond motifs is 3. The molecule has 0 amide bonds. The minimum absolute atomic E-state index is 0.0585. The van der Waals surface area contributed by atoms with Crippen LogP contribution in [0.15, 0.2) is 211 Å². The molecule has 552 valence electrons. The fourth-order valence-corrected chi connectivity index (χ4v) is 13.2. The maximum absolute atomic E-state index is 11.6. The second-order valence-electron chi connectivity index (χ2n) is 26.0. The molecule has 0 bridgehead atoms. The Kier molecular flexibility index (Phi) is 21.0. The number of anilines is 7. The highest BCUT2D eigenvalue weighted by Crippen LogP contribution is 2.40. The number of sulfonamides is 2. The van der Waals surface area contributed by atoms with Gasteiger partial charge in [0, 0.05) is 43.9 Å². The average molecular weight is 1510 g/mol. The summed E-state index contributed by atoms with van der Waals surface area (Å²) in [6.45, 7) is 11.8. The van der Waals surface area contributed by atoms with Gasteiger partial charge in [-0.2, -0.15) is 45.7 Å². The summed E-state index contributed by atoms with van der Waals surface area (Å²) in [5.74, 6) is 4.01. The zero-order valence-electron chi connectivity index (χ0n) is 61.2. The van der Waals surface area contributed by atoms with Crippen LogP contribution < -0.4 is 46.2 Å². The Labute approximate surface area is 637 Å². The van der Waals surface area contributed by atoms with E-state index in [0.29, 0.717) is 97.2 Å². The van der Waals surface area contributed by atoms with Crippen molar-refractivity contribution in [3.63, 3.8) is 0 Å². The SMILES string of the molecule is Cc1cc(-c2ccc(N)cc2)cc(C)c1Oc1nc(Nc2ccc(C#N)cc2)nc2ncn(C)c12.Cc1cc(-c2ccc(S(N)(=O)=O)cc2)cc(C)c1Oc1nc(Nc2ccc(C#N)cc2)nc2c1ncn2C.Cc1cc(-c2ccc(S(N)(=O)=O)cc2)cc(C)c1Oc1nc(Nc2ccc(C#N)cc2)nc2ncn(C)c12. The highest BCUT2D eigenvalue weighted by atomic mass is 32.2. The van der Waals surface area contributed by atoms with Crippen LogP contribution in [0.2, 0.25) is 0 Å². The molecule has 0 aliphatic heterocycles. The number of aromatic nitrogens is 12. The van der Waals surface area contributed by atoms with Crippen LogP contribution in [0.5, 0.6) is 34.9 Å². The molecule has 9 N–H and O–H groups in total. The zero-order chi connectivity index (χ0) is 78.6. The Morgan fingerprint density at radius 3 is 0.991 bits per heavy atom. The first kappa shape index (κ1) is 74.8. The molecular formula is C81H69N21O7S2. The summed E-state index contributed by atoms with van der Waals surface area (Å²) in [6, 6.07) is 59.9. The van der Waals surface area contributed by atoms with Gasteiger partial charge in [-0.3, -0.25) is 0 Å². The number of aryl methyl sites for hydroxylation is 9. The van der Waals surface area contributed by atoms with Gasteiger partial charge in [-0.25, -0.2) is 42.1 Å². The number of hydrogen-bond acceptors (Lipinski definition) is 23. The summed E-state index contributed by atoms with van der Waals surface area (Å²) in [4.78, 5) is 40.8. The minimum Gasteiger partial charge on any atom is -0.436 e. The van der Waals surface area contributed by atoms with Gasteiger partial charge in [0.25, 0.3) is 17.6 Å². The molecule has 15 aromatic rings. The van der Waals surface area contributed by atoms with Crippen LogP contribution in [0.4, 0.5) is 40.6 Å². The molecule has 6 aromatic heterocycles. The lowest BCUT2D eigenvalue weighted by Crippen LogP contribution is -2.11. The van der Waals surface area contributed by atoms with Crippen LogP contribution in [0.1, 0.15) is 50.1 Å². The molecule has 0 unspecified atom stereocenters. The van der Waals surface area contributed by atoms with Crippen molar-refractivity contribution in [3.05, 3.63) is 251 Å². The molecule has 0 atom stereocenters. The van der Waals surface area contributed by atoms with Crippen molar-refractivity contribution in [1.29, 1.82) is 15.8 Å². The molecule has 0 saturated heterocycles. The number of imidazole rings is 3. The van der Waals surface area contributed by atoms with Gasteiger partial charge in [-0.1, -0.05) is 36.4 Å². The number of nitrogens with zero attached hydrogens (tertiary/aromatic N) is 15. The maximum atomic E-state index is 11.6. The predicted molar refractivity (Wildman–Crippen MR) is 424 cm³/mol. The maximum Gasteiger partial charge on any atom is 0.252 e. The van der Waals surface area contributed by atoms with Gasteiger partial charge in [0.05, 0.1) is 63.7 Å². The van der Waals surface area contributed by atoms with Crippen molar-refractivity contribution in [2.45, 2.75) is 51.3 Å². The summed E-state index contributed by atoms with van der Waals surface area (Å²) < 4.78 is 70.9. The van der Waals surface area contributed by atoms with Gasteiger partial charge >= 0.3 is 0 Å². The van der Waals surface area contributed by atoms with Crippen LogP contribution in [0.3, 0.4) is 0 Å². The Bertz CT molecular complexity index is 6400. The van der Waals surface area contributed by atoms with Gasteiger partial charge in [0.15, 0.2) is 33.5 Å². The Hall–Kier alpha value is -14.5. The molecule has 0 fully saturated rings. The number of benzene rings is 9. The molecular weight excluding hydrogens is 1440 g/mol. The summed E-state index contributed by atoms with van der Waals surface area (Å²) in [5, 5.41) is 47.0. The van der Waals surface area contributed by atoms with E-state index in [0.717, 1.165) is 95.3 Å². The van der Waals surface area contributed by atoms with E-state index in [9.17, 15) is 16.8 Å². The first-order valence-electron chi connectivity index (χ1n) is 34.0. The molecule has 9 aromatic carbocycles. The smallest absolute Gasteiger partial charge is 0.252 e. The van der Waals surface area contributed by atoms with Crippen molar-refractivity contribution in [1.82, 2.24) is 58.6 Å². The quantitative estimate of drug-likeness (QED) is 0.0461. The van der Waals surface area contributed by atoms with Crippen molar-refractivity contribution in [2.75, 3.05) is 21.7 Å². The molecule has 0 spiro atoms. The number of nitrogens with one attached hydrogen (secondary N) is 3. The molecule has 15 rings (SSSR count). The van der Waals surface area contributed by atoms with Crippen molar-refractivity contribution >= 4 is 94.1 Å². The largest absolute Gasteiger partial charge is 0.436 e. The Balaban J connectivity index is 0.000000146. The predicted octanol–water partition coefficient (Wildman–Crippen LogP) is 15.0. The summed E-state index contributed by atoms with van der Waals surface area (Å²) in [5.41, 5.74) is 25.0. The van der Waals surface area contributed by atoms with Gasteiger partial charge in [-0.15, -0.1) is 0 Å². The average Bonchev–Trinajstić information content (AvgIpc) is 1.74. The number of rotatable bonds is 17. The highest BCUT2D eigenvalue weighted by Gasteiger charge is 2.23. The van der Waals surface area contributed by atoms with E-state index in [4.69, 9.17) is 46.0 Å². The first-order chi connectivity index (χ1) is 53.1. The monoisotopic (exact) mass is 1510 g/mol. The molecule has 0 aliphatic carbocycles. The van der Waals surface area contributed by atoms with Gasteiger partial charge < -0.3 is 49.6 Å². The number of nitrogens with two attached hydrogens (primary N) is 3. The van der Waals surface area contributed by atoms with E-state index in [1.165, 1.54) is 24.3 Å². The Morgan fingerprint density at radius 2 is 0.667 bits per heavy atom. The third-order valence-corrected chi connectivity index (χ3v) is 19.5. The molecule has 30 heteroatoms. The molecule has 0 saturated carbocycles. The van der Waals surface area contributed by atoms with Crippen molar-refractivity contribution < 1.29 is 31.0 Å². The summed E-state index contributed by atoms with van der Waals surface area (Å²) in [6.07, 6.45) is 4.97. The third kappa shape index (κ3) is 16.9. The number of primary sulfonamides is 2. The Morgan fingerprint density at radius 1 is 0.369 bits per heavy atom. The third-order valence-electron chi connectivity index (χ3n) is 17.7. The molecule has 0 aliphatic rings. The van der Waals surface area contributed by atoms with Crippen molar-refractivity contribution in [3.8, 4) is 86.5 Å². The first-order valence-corrected chi connectivity index (χ1v) is 37.1. The van der Waals surface area contributed by atoms with E-state index in [1.807, 2.05) is 116 Å². The van der Waals surface area contributed by atoms with Gasteiger partial charge in [0.1, 0.15) is 17.2 Å². The van der Waals surface area contributed by atoms with E-state index in [2.05, 4.69) is 91.1 Å². The number of nitrogen functional groups attached to an aromatic ring is 1.